The third-order valence-electron chi connectivity index (χ3n) is 3.85. The second-order valence-electron chi connectivity index (χ2n) is 5.12. The van der Waals surface area contributed by atoms with Crippen molar-refractivity contribution in [2.45, 2.75) is 19.8 Å². The van der Waals surface area contributed by atoms with E-state index in [0.717, 1.165) is 12.8 Å². The second-order valence-corrected chi connectivity index (χ2v) is 5.12. The third kappa shape index (κ3) is 1.90. The lowest BCUT2D eigenvalue weighted by Gasteiger charge is -2.27. The lowest BCUT2D eigenvalue weighted by atomic mass is 9.91. The molecule has 2 aromatic carbocycles. The molecule has 104 valence electrons. The van der Waals surface area contributed by atoms with Gasteiger partial charge in [-0.25, -0.2) is 0 Å². The van der Waals surface area contributed by atoms with Gasteiger partial charge in [-0.3, -0.25) is 14.5 Å². The maximum absolute atomic E-state index is 12.5. The van der Waals surface area contributed by atoms with Gasteiger partial charge >= 0.3 is 0 Å². The van der Waals surface area contributed by atoms with E-state index in [4.69, 9.17) is 0 Å². The molecule has 4 heteroatoms. The summed E-state index contributed by atoms with van der Waals surface area (Å²) in [7, 11) is 0. The zero-order chi connectivity index (χ0) is 15.0. The number of carbonyl (C=O) groups excluding carboxylic acids is 2. The van der Waals surface area contributed by atoms with Gasteiger partial charge < -0.3 is 0 Å². The van der Waals surface area contributed by atoms with Crippen molar-refractivity contribution in [3.05, 3.63) is 47.0 Å². The fourth-order valence-corrected chi connectivity index (χ4v) is 2.76. The lowest BCUT2D eigenvalue weighted by molar-refractivity contribution is 0.0608. The maximum Gasteiger partial charge on any atom is 0.261 e. The van der Waals surface area contributed by atoms with E-state index in [-0.39, 0.29) is 11.8 Å². The zero-order valence-electron chi connectivity index (χ0n) is 11.7. The first kappa shape index (κ1) is 13.3. The Kier molecular flexibility index (Phi) is 3.19. The highest BCUT2D eigenvalue weighted by Gasteiger charge is 2.32. The highest BCUT2D eigenvalue weighted by molar-refractivity contribution is 6.25. The molecule has 21 heavy (non-hydrogen) atoms. The molecule has 0 atom stereocenters. The molecule has 0 aliphatic carbocycles. The van der Waals surface area contributed by atoms with Crippen LogP contribution in [0, 0.1) is 11.3 Å². The van der Waals surface area contributed by atoms with Crippen molar-refractivity contribution in [3.8, 4) is 6.07 Å². The number of nitrogens with zero attached hydrogens (tertiary/aromatic N) is 2. The van der Waals surface area contributed by atoms with E-state index in [1.165, 1.54) is 4.90 Å². The van der Waals surface area contributed by atoms with Gasteiger partial charge in [0.1, 0.15) is 0 Å². The normalized spacial score (nSPS) is 13.6. The van der Waals surface area contributed by atoms with Gasteiger partial charge in [0.25, 0.3) is 11.8 Å². The molecule has 3 rings (SSSR count). The molecule has 1 aliphatic heterocycles. The molecule has 2 amide bonds. The third-order valence-corrected chi connectivity index (χ3v) is 3.85. The summed E-state index contributed by atoms with van der Waals surface area (Å²) in [6.07, 6.45) is 1.71. The summed E-state index contributed by atoms with van der Waals surface area (Å²) in [5.74, 6) is -0.525. The minimum atomic E-state index is -0.262. The minimum Gasteiger partial charge on any atom is -0.274 e. The summed E-state index contributed by atoms with van der Waals surface area (Å²) in [5.41, 5.74) is 1.50. The molecule has 0 aromatic heterocycles. The molecule has 1 aliphatic rings. The Bertz CT molecular complexity index is 780. The van der Waals surface area contributed by atoms with E-state index >= 15 is 0 Å². The van der Waals surface area contributed by atoms with Crippen LogP contribution in [0.1, 0.15) is 46.0 Å². The van der Waals surface area contributed by atoms with Gasteiger partial charge in [0.15, 0.2) is 0 Å². The molecule has 0 spiro atoms. The van der Waals surface area contributed by atoms with Crippen LogP contribution < -0.4 is 0 Å². The number of carbonyl (C=O) groups is 2. The molecule has 2 aromatic rings. The first-order valence-electron chi connectivity index (χ1n) is 7.01. The number of rotatable bonds is 3. The highest BCUT2D eigenvalue weighted by atomic mass is 16.2. The van der Waals surface area contributed by atoms with E-state index in [9.17, 15) is 14.9 Å². The molecule has 0 unspecified atom stereocenters. The van der Waals surface area contributed by atoms with Crippen molar-refractivity contribution in [1.82, 2.24) is 4.90 Å². The second kappa shape index (κ2) is 5.02. The minimum absolute atomic E-state index is 0.262. The Morgan fingerprint density at radius 3 is 2.48 bits per heavy atom. The van der Waals surface area contributed by atoms with Crippen LogP contribution in [0.25, 0.3) is 10.8 Å². The van der Waals surface area contributed by atoms with Crippen LogP contribution >= 0.6 is 0 Å². The molecule has 0 saturated carbocycles. The predicted octanol–water partition coefficient (Wildman–Crippen LogP) is 3.11. The number of nitriles is 1. The van der Waals surface area contributed by atoms with Crippen molar-refractivity contribution in [3.63, 3.8) is 0 Å². The molecule has 1 heterocycles. The van der Waals surface area contributed by atoms with Crippen molar-refractivity contribution in [1.29, 1.82) is 5.26 Å². The fraction of sp³-hybridized carbons (Fsp3) is 0.235. The van der Waals surface area contributed by atoms with Crippen LogP contribution in [0.15, 0.2) is 30.3 Å². The van der Waals surface area contributed by atoms with Crippen molar-refractivity contribution in [2.24, 2.45) is 0 Å². The average molecular weight is 278 g/mol. The smallest absolute Gasteiger partial charge is 0.261 e. The summed E-state index contributed by atoms with van der Waals surface area (Å²) in [6.45, 7) is 2.46. The van der Waals surface area contributed by atoms with Gasteiger partial charge in [-0.15, -0.1) is 0 Å². The highest BCUT2D eigenvalue weighted by Crippen LogP contribution is 2.32. The van der Waals surface area contributed by atoms with Gasteiger partial charge in [0.2, 0.25) is 0 Å². The quantitative estimate of drug-likeness (QED) is 0.810. The number of hydrogen-bond acceptors (Lipinski definition) is 3. The molecular formula is C17H14N2O2. The summed E-state index contributed by atoms with van der Waals surface area (Å²) in [4.78, 5) is 26.4. The number of amides is 2. The largest absolute Gasteiger partial charge is 0.274 e. The van der Waals surface area contributed by atoms with Crippen molar-refractivity contribution >= 4 is 22.6 Å². The Balaban J connectivity index is 2.25. The molecule has 4 nitrogen and oxygen atoms in total. The summed E-state index contributed by atoms with van der Waals surface area (Å²) in [6, 6.07) is 10.7. The van der Waals surface area contributed by atoms with Gasteiger partial charge in [0, 0.05) is 28.4 Å². The fourth-order valence-electron chi connectivity index (χ4n) is 2.76. The van der Waals surface area contributed by atoms with Gasteiger partial charge in [-0.1, -0.05) is 25.5 Å². The summed E-state index contributed by atoms with van der Waals surface area (Å²) < 4.78 is 0. The zero-order valence-corrected chi connectivity index (χ0v) is 11.7. The molecule has 0 fully saturated rings. The first-order chi connectivity index (χ1) is 10.2. The number of imide groups is 1. The van der Waals surface area contributed by atoms with Gasteiger partial charge in [-0.05, 0) is 24.6 Å². The Morgan fingerprint density at radius 1 is 1.10 bits per heavy atom. The summed E-state index contributed by atoms with van der Waals surface area (Å²) >= 11 is 0. The number of unbranched alkanes of at least 4 members (excludes halogenated alkanes) is 1. The van der Waals surface area contributed by atoms with Crippen LogP contribution in [0.2, 0.25) is 0 Å². The van der Waals surface area contributed by atoms with Crippen LogP contribution in [0.5, 0.6) is 0 Å². The van der Waals surface area contributed by atoms with Crippen LogP contribution in [-0.4, -0.2) is 23.3 Å². The Hall–Kier alpha value is -2.67. The van der Waals surface area contributed by atoms with Crippen LogP contribution in [0.3, 0.4) is 0 Å². The average Bonchev–Trinajstić information content (AvgIpc) is 2.52. The predicted molar refractivity (Wildman–Crippen MR) is 78.9 cm³/mol. The van der Waals surface area contributed by atoms with Crippen molar-refractivity contribution in [2.75, 3.05) is 6.54 Å². The van der Waals surface area contributed by atoms with E-state index < -0.39 is 0 Å². The van der Waals surface area contributed by atoms with Crippen molar-refractivity contribution < 1.29 is 9.59 Å². The monoisotopic (exact) mass is 278 g/mol. The van der Waals surface area contributed by atoms with Crippen LogP contribution in [-0.2, 0) is 0 Å². The molecule has 0 bridgehead atoms. The molecule has 0 saturated heterocycles. The SMILES string of the molecule is CCCCN1C(=O)c2cccc3c(C#N)ccc(c23)C1=O. The van der Waals surface area contributed by atoms with E-state index in [2.05, 4.69) is 6.07 Å². The van der Waals surface area contributed by atoms with Gasteiger partial charge in [0.05, 0.1) is 11.6 Å². The van der Waals surface area contributed by atoms with E-state index in [1.807, 2.05) is 6.92 Å². The lowest BCUT2D eigenvalue weighted by Crippen LogP contribution is -2.40. The molecule has 0 radical (unpaired) electrons. The topological polar surface area (TPSA) is 61.2 Å². The standard InChI is InChI=1S/C17H14N2O2/c1-2-3-9-19-16(20)13-6-4-5-12-11(10-18)7-8-14(15(12)13)17(19)21/h4-8H,2-3,9H2,1H3. The molecule has 0 N–H and O–H groups in total. The maximum atomic E-state index is 12.5. The summed E-state index contributed by atoms with van der Waals surface area (Å²) in [5, 5.41) is 10.5. The van der Waals surface area contributed by atoms with E-state index in [0.29, 0.717) is 34.0 Å². The van der Waals surface area contributed by atoms with E-state index in [1.54, 1.807) is 30.3 Å². The first-order valence-corrected chi connectivity index (χ1v) is 7.01. The number of benzene rings is 2. The van der Waals surface area contributed by atoms with Gasteiger partial charge in [-0.2, -0.15) is 5.26 Å². The Labute approximate surface area is 122 Å². The number of hydrogen-bond donors (Lipinski definition) is 0. The Morgan fingerprint density at radius 2 is 1.81 bits per heavy atom. The van der Waals surface area contributed by atoms with Crippen LogP contribution in [0.4, 0.5) is 0 Å². The molecular weight excluding hydrogens is 264 g/mol.